The van der Waals surface area contributed by atoms with Gasteiger partial charge in [0.25, 0.3) is 0 Å². The van der Waals surface area contributed by atoms with Crippen LogP contribution in [-0.4, -0.2) is 12.1 Å². The number of fused-ring (bicyclic) bond motifs is 7. The van der Waals surface area contributed by atoms with Crippen LogP contribution in [0.1, 0.15) is 120 Å². The maximum atomic E-state index is 11.9. The molecular weight excluding hydrogens is 416 g/mol. The van der Waals surface area contributed by atoms with Crippen LogP contribution in [0.4, 0.5) is 0 Å². The van der Waals surface area contributed by atoms with Gasteiger partial charge >= 0.3 is 5.97 Å². The molecule has 0 spiro atoms. The zero-order valence-corrected chi connectivity index (χ0v) is 23.7. The molecule has 192 valence electrons. The van der Waals surface area contributed by atoms with Crippen LogP contribution in [0.2, 0.25) is 0 Å². The van der Waals surface area contributed by atoms with Crippen molar-refractivity contribution in [2.75, 3.05) is 0 Å². The Kier molecular flexibility index (Phi) is 5.57. The summed E-state index contributed by atoms with van der Waals surface area (Å²) in [4.78, 5) is 11.9. The predicted octanol–water partition coefficient (Wildman–Crippen LogP) is 8.60. The third kappa shape index (κ3) is 3.01. The van der Waals surface area contributed by atoms with Crippen molar-refractivity contribution in [1.29, 1.82) is 0 Å². The first-order chi connectivity index (χ1) is 15.7. The lowest BCUT2D eigenvalue weighted by molar-refractivity contribution is -0.238. The van der Waals surface area contributed by atoms with E-state index in [9.17, 15) is 4.79 Å². The van der Waals surface area contributed by atoms with E-state index in [2.05, 4.69) is 61.5 Å². The van der Waals surface area contributed by atoms with Crippen LogP contribution in [0.15, 0.2) is 11.6 Å². The molecule has 1 unspecified atom stereocenters. The van der Waals surface area contributed by atoms with Crippen LogP contribution >= 0.6 is 0 Å². The Morgan fingerprint density at radius 2 is 1.53 bits per heavy atom. The summed E-state index contributed by atoms with van der Waals surface area (Å²) < 4.78 is 5.91. The molecular formula is C32H52O2. The van der Waals surface area contributed by atoms with E-state index in [-0.39, 0.29) is 17.5 Å². The molecule has 0 aromatic rings. The van der Waals surface area contributed by atoms with E-state index in [0.717, 1.165) is 30.1 Å². The van der Waals surface area contributed by atoms with E-state index >= 15 is 0 Å². The highest BCUT2D eigenvalue weighted by Crippen LogP contribution is 2.77. The average molecular weight is 469 g/mol. The molecule has 2 nitrogen and oxygen atoms in total. The highest BCUT2D eigenvalue weighted by atomic mass is 16.5. The van der Waals surface area contributed by atoms with Gasteiger partial charge in [0.1, 0.15) is 6.10 Å². The Morgan fingerprint density at radius 1 is 0.853 bits per heavy atom. The molecule has 5 rings (SSSR count). The molecule has 5 aliphatic carbocycles. The van der Waals surface area contributed by atoms with Crippen LogP contribution in [0.3, 0.4) is 0 Å². The zero-order valence-electron chi connectivity index (χ0n) is 23.7. The van der Waals surface area contributed by atoms with E-state index in [0.29, 0.717) is 27.6 Å². The maximum Gasteiger partial charge on any atom is 0.302 e. The van der Waals surface area contributed by atoms with Gasteiger partial charge in [0.2, 0.25) is 0 Å². The Balaban J connectivity index is 1.51. The lowest BCUT2D eigenvalue weighted by Crippen LogP contribution is -2.66. The van der Waals surface area contributed by atoms with Gasteiger partial charge in [0.15, 0.2) is 0 Å². The lowest BCUT2D eigenvalue weighted by atomic mass is 9.32. The highest BCUT2D eigenvalue weighted by Gasteiger charge is 2.70. The van der Waals surface area contributed by atoms with Gasteiger partial charge in [-0.05, 0) is 109 Å². The summed E-state index contributed by atoms with van der Waals surface area (Å²) in [5, 5.41) is 0. The molecule has 0 aliphatic heterocycles. The number of ether oxygens (including phenoxy) is 1. The summed E-state index contributed by atoms with van der Waals surface area (Å²) in [5.74, 6) is 3.72. The molecule has 2 heteroatoms. The fraction of sp³-hybridized carbons (Fsp3) is 0.906. The van der Waals surface area contributed by atoms with Gasteiger partial charge in [-0.15, -0.1) is 0 Å². The fourth-order valence-corrected chi connectivity index (χ4v) is 11.7. The lowest BCUT2D eigenvalue weighted by Gasteiger charge is -2.72. The summed E-state index contributed by atoms with van der Waals surface area (Å²) in [6.45, 7) is 22.0. The Labute approximate surface area is 210 Å². The van der Waals surface area contributed by atoms with Crippen LogP contribution in [0.25, 0.3) is 0 Å². The van der Waals surface area contributed by atoms with Gasteiger partial charge in [-0.2, -0.15) is 0 Å². The van der Waals surface area contributed by atoms with Crippen molar-refractivity contribution in [3.05, 3.63) is 11.6 Å². The minimum Gasteiger partial charge on any atom is -0.462 e. The van der Waals surface area contributed by atoms with Gasteiger partial charge in [-0.1, -0.05) is 67.0 Å². The second-order valence-corrected chi connectivity index (χ2v) is 15.2. The Hall–Kier alpha value is -0.790. The second kappa shape index (κ2) is 7.61. The third-order valence-corrected chi connectivity index (χ3v) is 13.5. The number of esters is 1. The smallest absolute Gasteiger partial charge is 0.302 e. The molecule has 0 N–H and O–H groups in total. The molecule has 0 radical (unpaired) electrons. The highest BCUT2D eigenvalue weighted by molar-refractivity contribution is 5.66. The molecule has 4 saturated carbocycles. The van der Waals surface area contributed by atoms with Gasteiger partial charge in [-0.25, -0.2) is 0 Å². The van der Waals surface area contributed by atoms with Crippen molar-refractivity contribution >= 4 is 5.97 Å². The number of carbonyl (C=O) groups is 1. The summed E-state index contributed by atoms with van der Waals surface area (Å²) in [5.41, 5.74) is 3.45. The van der Waals surface area contributed by atoms with Gasteiger partial charge in [0, 0.05) is 12.3 Å². The minimum atomic E-state index is -0.107. The number of allylic oxidation sites excluding steroid dienone is 2. The Bertz CT molecular complexity index is 883. The fourth-order valence-electron chi connectivity index (χ4n) is 11.7. The minimum absolute atomic E-state index is 0.0549. The largest absolute Gasteiger partial charge is 0.462 e. The van der Waals surface area contributed by atoms with Gasteiger partial charge in [-0.3, -0.25) is 4.79 Å². The van der Waals surface area contributed by atoms with E-state index < -0.39 is 0 Å². The number of rotatable bonds is 2. The molecule has 0 heterocycles. The van der Waals surface area contributed by atoms with Crippen molar-refractivity contribution < 1.29 is 9.53 Å². The first-order valence-corrected chi connectivity index (χ1v) is 14.6. The number of hydrogen-bond acceptors (Lipinski definition) is 2. The normalized spacial score (nSPS) is 51.6. The standard InChI is InChI=1S/C32H52O2/c1-20(2)22-12-16-29(6)23(22)13-18-31(8)25(29)10-11-26-30(7)17-15-27(34-21(3)33)28(4,5)24(30)14-19-32(26,31)9/h13,20,22,24-27H,10-12,14-19H2,1-9H3/t22-,24+,25-,26-,27?,29+,30+,31-,32-/m1/s1. The summed E-state index contributed by atoms with van der Waals surface area (Å²) >= 11 is 0. The van der Waals surface area contributed by atoms with Crippen molar-refractivity contribution in [3.8, 4) is 0 Å². The molecule has 34 heavy (non-hydrogen) atoms. The first kappa shape index (κ1) is 24.9. The summed E-state index contributed by atoms with van der Waals surface area (Å²) in [6.07, 6.45) is 14.6. The second-order valence-electron chi connectivity index (χ2n) is 15.2. The zero-order chi connectivity index (χ0) is 24.9. The predicted molar refractivity (Wildman–Crippen MR) is 140 cm³/mol. The van der Waals surface area contributed by atoms with E-state index in [1.54, 1.807) is 6.92 Å². The number of carbonyl (C=O) groups excluding carboxylic acids is 1. The topological polar surface area (TPSA) is 26.3 Å². The van der Waals surface area contributed by atoms with Gasteiger partial charge < -0.3 is 4.74 Å². The average Bonchev–Trinajstić information content (AvgIpc) is 3.08. The van der Waals surface area contributed by atoms with Crippen molar-refractivity contribution in [2.45, 2.75) is 126 Å². The molecule has 4 fully saturated rings. The van der Waals surface area contributed by atoms with Gasteiger partial charge in [0.05, 0.1) is 0 Å². The van der Waals surface area contributed by atoms with Crippen molar-refractivity contribution in [1.82, 2.24) is 0 Å². The van der Waals surface area contributed by atoms with Crippen LogP contribution in [0.5, 0.6) is 0 Å². The van der Waals surface area contributed by atoms with Crippen LogP contribution < -0.4 is 0 Å². The molecule has 0 aromatic heterocycles. The van der Waals surface area contributed by atoms with E-state index in [4.69, 9.17) is 4.74 Å². The quantitative estimate of drug-likeness (QED) is 0.299. The third-order valence-electron chi connectivity index (χ3n) is 13.5. The molecule has 5 aliphatic rings. The molecule has 0 aromatic carbocycles. The van der Waals surface area contributed by atoms with E-state index in [1.165, 1.54) is 51.4 Å². The molecule has 0 saturated heterocycles. The monoisotopic (exact) mass is 468 g/mol. The number of hydrogen-bond donors (Lipinski definition) is 0. The Morgan fingerprint density at radius 3 is 2.18 bits per heavy atom. The van der Waals surface area contributed by atoms with Crippen molar-refractivity contribution in [3.63, 3.8) is 0 Å². The molecule has 0 bridgehead atoms. The summed E-state index contributed by atoms with van der Waals surface area (Å²) in [6, 6.07) is 0. The van der Waals surface area contributed by atoms with Crippen LogP contribution in [0, 0.1) is 56.7 Å². The van der Waals surface area contributed by atoms with E-state index in [1.807, 2.05) is 5.57 Å². The van der Waals surface area contributed by atoms with Crippen LogP contribution in [-0.2, 0) is 9.53 Å². The van der Waals surface area contributed by atoms with Crippen molar-refractivity contribution in [2.24, 2.45) is 56.7 Å². The SMILES string of the molecule is CC(=O)OC1CC[C@]2(C)[C@H]3CC[C@@H]4[C@@]5(C)CC[C@H](C(C)C)C5=CC[C@@]4(C)[C@]3(C)CC[C@H]2C1(C)C. The maximum absolute atomic E-state index is 11.9. The molecule has 9 atom stereocenters. The summed E-state index contributed by atoms with van der Waals surface area (Å²) in [7, 11) is 0. The molecule has 0 amide bonds. The first-order valence-electron chi connectivity index (χ1n) is 14.6.